The van der Waals surface area contributed by atoms with Crippen LogP contribution in [-0.2, 0) is 4.79 Å². The molecule has 0 saturated heterocycles. The second kappa shape index (κ2) is 13.8. The lowest BCUT2D eigenvalue weighted by atomic mass is 9.95. The van der Waals surface area contributed by atoms with Crippen molar-refractivity contribution < 1.29 is 49.8 Å². The second-order valence-electron chi connectivity index (χ2n) is 10.9. The zero-order valence-electron chi connectivity index (χ0n) is 24.4. The number of aromatic nitrogens is 2. The smallest absolute Gasteiger partial charge is 0.398 e. The third-order valence-electron chi connectivity index (χ3n) is 7.51. The van der Waals surface area contributed by atoms with Crippen LogP contribution in [0.25, 0.3) is 22.2 Å². The van der Waals surface area contributed by atoms with Crippen molar-refractivity contribution in [3.05, 3.63) is 82.9 Å². The van der Waals surface area contributed by atoms with Crippen LogP contribution in [0.2, 0.25) is 0 Å². The second-order valence-corrected chi connectivity index (χ2v) is 10.9. The minimum atomic E-state index is -4.89. The molecule has 8 nitrogen and oxygen atoms in total. The molecule has 1 saturated carbocycles. The van der Waals surface area contributed by atoms with Gasteiger partial charge in [0.15, 0.2) is 0 Å². The summed E-state index contributed by atoms with van der Waals surface area (Å²) in [6.07, 6.45) is -5.10. The molecule has 1 fully saturated rings. The van der Waals surface area contributed by atoms with Gasteiger partial charge in [-0.05, 0) is 61.4 Å². The average molecular weight is 665 g/mol. The van der Waals surface area contributed by atoms with Crippen LogP contribution in [0, 0.1) is 5.82 Å². The van der Waals surface area contributed by atoms with E-state index in [4.69, 9.17) is 14.3 Å². The van der Waals surface area contributed by atoms with Gasteiger partial charge in [-0.2, -0.15) is 13.2 Å². The quantitative estimate of drug-likeness (QED) is 0.155. The van der Waals surface area contributed by atoms with E-state index in [-0.39, 0.29) is 69.5 Å². The van der Waals surface area contributed by atoms with E-state index in [1.165, 1.54) is 24.3 Å². The number of amides is 2. The maximum Gasteiger partial charge on any atom is 0.398 e. The van der Waals surface area contributed by atoms with Crippen LogP contribution in [0.1, 0.15) is 58.3 Å². The number of hydrogen-bond donors (Lipinski definition) is 2. The minimum absolute atomic E-state index is 0.00671. The van der Waals surface area contributed by atoms with Crippen LogP contribution < -0.4 is 20.5 Å². The Bertz CT molecular complexity index is 1770. The Morgan fingerprint density at radius 1 is 1.13 bits per heavy atom. The van der Waals surface area contributed by atoms with E-state index in [0.717, 1.165) is 43.3 Å². The number of pyridine rings is 2. The Labute approximate surface area is 263 Å². The third kappa shape index (κ3) is 7.55. The Kier molecular flexibility index (Phi) is 9.82. The van der Waals surface area contributed by atoms with Crippen LogP contribution in [0.4, 0.5) is 30.7 Å². The van der Waals surface area contributed by atoms with E-state index in [9.17, 15) is 35.5 Å². The van der Waals surface area contributed by atoms with Gasteiger partial charge < -0.3 is 20.5 Å². The van der Waals surface area contributed by atoms with Crippen molar-refractivity contribution in [2.45, 2.75) is 43.4 Å². The lowest BCUT2D eigenvalue weighted by molar-refractivity contribution is -0.149. The molecule has 0 bridgehead atoms. The van der Waals surface area contributed by atoms with Gasteiger partial charge in [0.05, 0.1) is 31.0 Å². The summed E-state index contributed by atoms with van der Waals surface area (Å²) in [6, 6.07) is 9.73. The predicted molar refractivity (Wildman–Crippen MR) is 156 cm³/mol. The number of fused-ring (bicyclic) bond motifs is 2. The number of alkyl halides is 6. The summed E-state index contributed by atoms with van der Waals surface area (Å²) in [4.78, 5) is 30.1. The molecule has 0 radical (unpaired) electrons. The molecule has 2 unspecified atom stereocenters. The SMILES string of the molecule is NC=O.O=C(NCC(c1cc2c(c(-c3ccc(F)cc3)n1)OCC2CF)C(F)(F)F)c1cc(OC2CC2)c2ncc(C(F)F)cc2c1. The molecule has 15 heteroatoms. The Balaban J connectivity index is 0.00000139. The first-order valence-corrected chi connectivity index (χ1v) is 14.3. The topological polar surface area (TPSA) is 116 Å². The molecule has 248 valence electrons. The first-order valence-electron chi connectivity index (χ1n) is 14.3. The summed E-state index contributed by atoms with van der Waals surface area (Å²) < 4.78 is 109. The Morgan fingerprint density at radius 3 is 2.45 bits per heavy atom. The van der Waals surface area contributed by atoms with Crippen molar-refractivity contribution in [3.8, 4) is 22.8 Å². The number of ether oxygens (including phenoxy) is 2. The highest BCUT2D eigenvalue weighted by atomic mass is 19.4. The summed E-state index contributed by atoms with van der Waals surface area (Å²) in [5, 5.41) is 2.45. The van der Waals surface area contributed by atoms with Crippen molar-refractivity contribution in [1.82, 2.24) is 15.3 Å². The summed E-state index contributed by atoms with van der Waals surface area (Å²) in [7, 11) is 0. The molecule has 3 heterocycles. The highest BCUT2D eigenvalue weighted by Gasteiger charge is 2.43. The van der Waals surface area contributed by atoms with E-state index < -0.39 is 55.1 Å². The maximum absolute atomic E-state index is 14.5. The zero-order chi connectivity index (χ0) is 33.9. The van der Waals surface area contributed by atoms with Crippen LogP contribution in [0.3, 0.4) is 0 Å². The minimum Gasteiger partial charge on any atom is -0.490 e. The normalized spacial score (nSPS) is 16.1. The molecular weight excluding hydrogens is 637 g/mol. The zero-order valence-corrected chi connectivity index (χ0v) is 24.4. The van der Waals surface area contributed by atoms with Crippen molar-refractivity contribution >= 4 is 23.2 Å². The molecular formula is C32H27F7N4O4. The summed E-state index contributed by atoms with van der Waals surface area (Å²) in [5.41, 5.74) is 3.88. The highest BCUT2D eigenvalue weighted by molar-refractivity contribution is 6.00. The molecule has 2 aliphatic rings. The van der Waals surface area contributed by atoms with Gasteiger partial charge in [0.2, 0.25) is 6.41 Å². The lowest BCUT2D eigenvalue weighted by Crippen LogP contribution is -2.35. The number of nitrogens with zero attached hydrogens (tertiary/aromatic N) is 2. The van der Waals surface area contributed by atoms with Gasteiger partial charge in [-0.25, -0.2) is 18.2 Å². The molecule has 2 amide bonds. The summed E-state index contributed by atoms with van der Waals surface area (Å²) >= 11 is 0. The van der Waals surface area contributed by atoms with Crippen LogP contribution in [-0.4, -0.2) is 54.4 Å². The number of primary amides is 1. The van der Waals surface area contributed by atoms with Crippen molar-refractivity contribution in [2.24, 2.45) is 5.73 Å². The summed E-state index contributed by atoms with van der Waals surface area (Å²) in [6.45, 7) is -1.93. The van der Waals surface area contributed by atoms with Gasteiger partial charge in [0.1, 0.15) is 34.4 Å². The van der Waals surface area contributed by atoms with E-state index in [1.54, 1.807) is 0 Å². The number of nitrogens with one attached hydrogen (secondary N) is 1. The lowest BCUT2D eigenvalue weighted by Gasteiger charge is -2.22. The number of hydrogen-bond acceptors (Lipinski definition) is 6. The largest absolute Gasteiger partial charge is 0.490 e. The van der Waals surface area contributed by atoms with Gasteiger partial charge in [0.25, 0.3) is 12.3 Å². The van der Waals surface area contributed by atoms with E-state index >= 15 is 0 Å². The molecule has 2 atom stereocenters. The number of benzene rings is 2. The molecule has 0 spiro atoms. The number of rotatable bonds is 9. The van der Waals surface area contributed by atoms with Gasteiger partial charge in [-0.1, -0.05) is 0 Å². The van der Waals surface area contributed by atoms with E-state index in [0.29, 0.717) is 0 Å². The van der Waals surface area contributed by atoms with Gasteiger partial charge >= 0.3 is 6.18 Å². The highest BCUT2D eigenvalue weighted by Crippen LogP contribution is 2.44. The van der Waals surface area contributed by atoms with Crippen molar-refractivity contribution in [1.29, 1.82) is 0 Å². The fraction of sp³-hybridized carbons (Fsp3) is 0.312. The van der Waals surface area contributed by atoms with E-state index in [2.05, 4.69) is 21.0 Å². The van der Waals surface area contributed by atoms with Gasteiger partial charge in [0, 0.05) is 40.4 Å². The molecule has 1 aliphatic heterocycles. The van der Waals surface area contributed by atoms with Gasteiger partial charge in [-0.15, -0.1) is 0 Å². The first-order chi connectivity index (χ1) is 22.4. The van der Waals surface area contributed by atoms with Crippen LogP contribution >= 0.6 is 0 Å². The van der Waals surface area contributed by atoms with Crippen molar-refractivity contribution in [3.63, 3.8) is 0 Å². The molecule has 4 aromatic rings. The third-order valence-corrected chi connectivity index (χ3v) is 7.51. The van der Waals surface area contributed by atoms with Crippen LogP contribution in [0.5, 0.6) is 11.5 Å². The monoisotopic (exact) mass is 664 g/mol. The molecule has 1 aliphatic carbocycles. The standard InChI is InChI=1S/C31H24F7N3O3.CH3NO/c32-11-19-14-43-28-22(19)10-24(41-27(28)15-1-3-20(33)4-2-15)23(31(36,37)38)13-40-30(42)17-7-16-8-18(29(34)35)12-39-26(16)25(9-17)44-21-5-6-21;2-1-3/h1-4,7-10,12,19,21,23,29H,5-6,11,13-14H2,(H,40,42);1H,(H2,2,3). The molecule has 2 aromatic carbocycles. The number of halogens is 7. The predicted octanol–water partition coefficient (Wildman–Crippen LogP) is 6.54. The first kappa shape index (κ1) is 33.4. The fourth-order valence-corrected chi connectivity index (χ4v) is 5.04. The van der Waals surface area contributed by atoms with Crippen molar-refractivity contribution in [2.75, 3.05) is 19.8 Å². The molecule has 6 rings (SSSR count). The number of nitrogens with two attached hydrogens (primary N) is 1. The number of carbonyl (C=O) groups is 2. The van der Waals surface area contributed by atoms with E-state index in [1.807, 2.05) is 0 Å². The average Bonchev–Trinajstić information content (AvgIpc) is 3.75. The maximum atomic E-state index is 14.5. The Morgan fingerprint density at radius 2 is 1.83 bits per heavy atom. The Hall–Kier alpha value is -4.95. The molecule has 47 heavy (non-hydrogen) atoms. The summed E-state index contributed by atoms with van der Waals surface area (Å²) in [5.74, 6) is -4.35. The fourth-order valence-electron chi connectivity index (χ4n) is 5.04. The van der Waals surface area contributed by atoms with Crippen LogP contribution in [0.15, 0.2) is 54.7 Å². The molecule has 2 aromatic heterocycles. The van der Waals surface area contributed by atoms with Gasteiger partial charge in [-0.3, -0.25) is 19.0 Å². The molecule has 3 N–H and O–H groups in total. The number of carbonyl (C=O) groups excluding carboxylic acids is 2.